The lowest BCUT2D eigenvalue weighted by Gasteiger charge is -2.12. The summed E-state index contributed by atoms with van der Waals surface area (Å²) in [6.07, 6.45) is 4.23. The zero-order valence-electron chi connectivity index (χ0n) is 20.0. The molecule has 1 N–H and O–H groups in total. The van der Waals surface area contributed by atoms with Crippen molar-refractivity contribution in [2.45, 2.75) is 26.3 Å². The predicted octanol–water partition coefficient (Wildman–Crippen LogP) is 4.63. The van der Waals surface area contributed by atoms with Gasteiger partial charge in [-0.3, -0.25) is 9.78 Å². The fourth-order valence-corrected chi connectivity index (χ4v) is 3.62. The summed E-state index contributed by atoms with van der Waals surface area (Å²) >= 11 is 0. The number of hydrogen-bond donors (Lipinski definition) is 1. The third kappa shape index (κ3) is 5.97. The minimum absolute atomic E-state index is 0.0548. The van der Waals surface area contributed by atoms with Gasteiger partial charge in [0.15, 0.2) is 0 Å². The summed E-state index contributed by atoms with van der Waals surface area (Å²) in [4.78, 5) is 16.6. The first kappa shape index (κ1) is 23.8. The Morgan fingerprint density at radius 1 is 0.943 bits per heavy atom. The Morgan fingerprint density at radius 3 is 2.23 bits per heavy atom. The number of rotatable bonds is 10. The highest BCUT2D eigenvalue weighted by Crippen LogP contribution is 2.32. The Labute approximate surface area is 204 Å². The van der Waals surface area contributed by atoms with Crippen molar-refractivity contribution < 1.29 is 19.0 Å². The van der Waals surface area contributed by atoms with E-state index < -0.39 is 0 Å². The van der Waals surface area contributed by atoms with Gasteiger partial charge in [0, 0.05) is 30.9 Å². The Hall–Kier alpha value is -4.33. The molecule has 4 aromatic rings. The molecule has 0 saturated heterocycles. The van der Waals surface area contributed by atoms with Crippen molar-refractivity contribution in [3.63, 3.8) is 0 Å². The first-order valence-electron chi connectivity index (χ1n) is 11.3. The third-order valence-electron chi connectivity index (χ3n) is 5.54. The first-order chi connectivity index (χ1) is 17.1. The monoisotopic (exact) mass is 472 g/mol. The second kappa shape index (κ2) is 11.2. The lowest BCUT2D eigenvalue weighted by molar-refractivity contribution is -0.121. The van der Waals surface area contributed by atoms with Gasteiger partial charge in [-0.2, -0.15) is 5.10 Å². The number of nitrogens with one attached hydrogen (secondary N) is 1. The molecule has 4 rings (SSSR count). The highest BCUT2D eigenvalue weighted by Gasteiger charge is 2.20. The van der Waals surface area contributed by atoms with E-state index in [0.717, 1.165) is 34.0 Å². The summed E-state index contributed by atoms with van der Waals surface area (Å²) in [6, 6.07) is 18.7. The molecule has 0 aliphatic rings. The van der Waals surface area contributed by atoms with Gasteiger partial charge in [0.05, 0.1) is 25.6 Å². The Balaban J connectivity index is 1.56. The maximum Gasteiger partial charge on any atom is 0.226 e. The van der Waals surface area contributed by atoms with E-state index in [1.165, 1.54) is 0 Å². The Bertz CT molecular complexity index is 1250. The number of carbonyl (C=O) groups excluding carboxylic acids is 1. The molecule has 8 nitrogen and oxygen atoms in total. The molecular weight excluding hydrogens is 444 g/mol. The molecule has 0 bridgehead atoms. The van der Waals surface area contributed by atoms with Crippen molar-refractivity contribution in [2.75, 3.05) is 14.2 Å². The molecule has 0 saturated carbocycles. The lowest BCUT2D eigenvalue weighted by Crippen LogP contribution is -2.23. The van der Waals surface area contributed by atoms with Gasteiger partial charge >= 0.3 is 0 Å². The highest BCUT2D eigenvalue weighted by atomic mass is 16.5. The zero-order valence-corrected chi connectivity index (χ0v) is 20.0. The van der Waals surface area contributed by atoms with E-state index in [2.05, 4.69) is 10.3 Å². The van der Waals surface area contributed by atoms with Crippen LogP contribution < -0.4 is 19.5 Å². The quantitative estimate of drug-likeness (QED) is 0.362. The molecule has 0 aliphatic heterocycles. The second-order valence-corrected chi connectivity index (χ2v) is 7.89. The summed E-state index contributed by atoms with van der Waals surface area (Å²) in [6.45, 7) is 2.36. The van der Waals surface area contributed by atoms with Crippen LogP contribution in [0.15, 0.2) is 73.1 Å². The van der Waals surface area contributed by atoms with Crippen molar-refractivity contribution in [1.29, 1.82) is 0 Å². The van der Waals surface area contributed by atoms with Gasteiger partial charge in [-0.1, -0.05) is 6.07 Å². The van der Waals surface area contributed by atoms with Crippen molar-refractivity contribution in [3.05, 3.63) is 89.9 Å². The minimum atomic E-state index is -0.0548. The number of ether oxygens (including phenoxy) is 3. The number of nitrogens with zero attached hydrogens (tertiary/aromatic N) is 3. The number of amides is 1. The van der Waals surface area contributed by atoms with Crippen LogP contribution in [0.2, 0.25) is 0 Å². The predicted molar refractivity (Wildman–Crippen MR) is 132 cm³/mol. The number of carbonyl (C=O) groups is 1. The number of hydrogen-bond acceptors (Lipinski definition) is 6. The summed E-state index contributed by atoms with van der Waals surface area (Å²) in [7, 11) is 3.25. The van der Waals surface area contributed by atoms with Crippen LogP contribution in [0.25, 0.3) is 5.69 Å². The molecule has 35 heavy (non-hydrogen) atoms. The normalized spacial score (nSPS) is 10.6. The SMILES string of the molecule is COc1ccc(Oc2c(CCC(=O)NCc3cccnc3)c(C)nn2-c2ccc(OC)cc2)cc1. The van der Waals surface area contributed by atoms with Crippen LogP contribution in [0.4, 0.5) is 0 Å². The van der Waals surface area contributed by atoms with Crippen molar-refractivity contribution in [2.24, 2.45) is 0 Å². The van der Waals surface area contributed by atoms with Crippen molar-refractivity contribution in [3.8, 4) is 28.8 Å². The van der Waals surface area contributed by atoms with E-state index in [-0.39, 0.29) is 5.91 Å². The molecule has 2 heterocycles. The molecule has 0 aliphatic carbocycles. The number of pyridine rings is 1. The summed E-state index contributed by atoms with van der Waals surface area (Å²) in [5, 5.41) is 7.67. The maximum atomic E-state index is 12.6. The molecule has 1 amide bonds. The van der Waals surface area contributed by atoms with Crippen molar-refractivity contribution >= 4 is 5.91 Å². The first-order valence-corrected chi connectivity index (χ1v) is 11.3. The Kier molecular flexibility index (Phi) is 7.62. The molecule has 0 unspecified atom stereocenters. The summed E-state index contributed by atoms with van der Waals surface area (Å²) < 4.78 is 18.6. The molecule has 0 spiro atoms. The summed E-state index contributed by atoms with van der Waals surface area (Å²) in [5.41, 5.74) is 3.44. The van der Waals surface area contributed by atoms with Gasteiger partial charge in [-0.25, -0.2) is 4.68 Å². The van der Waals surface area contributed by atoms with Crippen LogP contribution in [0.3, 0.4) is 0 Å². The number of aryl methyl sites for hydroxylation is 1. The Morgan fingerprint density at radius 2 is 1.60 bits per heavy atom. The smallest absolute Gasteiger partial charge is 0.226 e. The number of benzene rings is 2. The second-order valence-electron chi connectivity index (χ2n) is 7.89. The van der Waals surface area contributed by atoms with Gasteiger partial charge in [0.1, 0.15) is 17.2 Å². The molecule has 0 fully saturated rings. The van der Waals surface area contributed by atoms with Gasteiger partial charge in [-0.05, 0) is 73.5 Å². The van der Waals surface area contributed by atoms with Gasteiger partial charge < -0.3 is 19.5 Å². The molecule has 0 radical (unpaired) electrons. The fourth-order valence-electron chi connectivity index (χ4n) is 3.62. The van der Waals surface area contributed by atoms with Crippen LogP contribution >= 0.6 is 0 Å². The van der Waals surface area contributed by atoms with Crippen LogP contribution in [0.5, 0.6) is 23.1 Å². The average molecular weight is 473 g/mol. The van der Waals surface area contributed by atoms with E-state index in [1.54, 1.807) is 31.3 Å². The molecule has 2 aromatic heterocycles. The van der Waals surface area contributed by atoms with Crippen LogP contribution in [-0.2, 0) is 17.8 Å². The number of aromatic nitrogens is 3. The van der Waals surface area contributed by atoms with Gasteiger partial charge in [0.2, 0.25) is 11.8 Å². The minimum Gasteiger partial charge on any atom is -0.497 e. The van der Waals surface area contributed by atoms with E-state index in [9.17, 15) is 4.79 Å². The van der Waals surface area contributed by atoms with Crippen LogP contribution in [-0.4, -0.2) is 34.9 Å². The maximum absolute atomic E-state index is 12.6. The number of methoxy groups -OCH3 is 2. The highest BCUT2D eigenvalue weighted by molar-refractivity contribution is 5.76. The largest absolute Gasteiger partial charge is 0.497 e. The van der Waals surface area contributed by atoms with Gasteiger partial charge in [-0.15, -0.1) is 0 Å². The third-order valence-corrected chi connectivity index (χ3v) is 5.54. The molecule has 0 atom stereocenters. The molecule has 180 valence electrons. The van der Waals surface area contributed by atoms with E-state index in [0.29, 0.717) is 31.0 Å². The summed E-state index contributed by atoms with van der Waals surface area (Å²) in [5.74, 6) is 2.64. The molecule has 8 heteroatoms. The fraction of sp³-hybridized carbons (Fsp3) is 0.222. The van der Waals surface area contributed by atoms with Gasteiger partial charge in [0.25, 0.3) is 0 Å². The van der Waals surface area contributed by atoms with Crippen LogP contribution in [0, 0.1) is 6.92 Å². The standard InChI is InChI=1S/C27H28N4O4/c1-19-25(14-15-26(32)29-18-20-5-4-16-28-17-20)27(35-24-12-10-23(34-3)11-13-24)31(30-19)21-6-8-22(33-2)9-7-21/h4-13,16-17H,14-15,18H2,1-3H3,(H,29,32). The average Bonchev–Trinajstić information content (AvgIpc) is 3.21. The van der Waals surface area contributed by atoms with E-state index in [1.807, 2.05) is 67.6 Å². The lowest BCUT2D eigenvalue weighted by atomic mass is 10.1. The molecule has 2 aromatic carbocycles. The van der Waals surface area contributed by atoms with Crippen molar-refractivity contribution in [1.82, 2.24) is 20.1 Å². The van der Waals surface area contributed by atoms with E-state index in [4.69, 9.17) is 19.3 Å². The zero-order chi connectivity index (χ0) is 24.6. The molecular formula is C27H28N4O4. The topological polar surface area (TPSA) is 87.5 Å². The van der Waals surface area contributed by atoms with E-state index >= 15 is 0 Å². The van der Waals surface area contributed by atoms with Crippen LogP contribution in [0.1, 0.15) is 23.2 Å².